The number of ether oxygens (including phenoxy) is 1. The van der Waals surface area contributed by atoms with E-state index < -0.39 is 5.72 Å². The molecular formula is C24H19ClN4O2S. The summed E-state index contributed by atoms with van der Waals surface area (Å²) >= 11 is 8.05. The highest BCUT2D eigenvalue weighted by molar-refractivity contribution is 7.07. The third-order valence-corrected chi connectivity index (χ3v) is 7.33. The number of aromatic nitrogens is 3. The molecule has 0 unspecified atom stereocenters. The van der Waals surface area contributed by atoms with Crippen LogP contribution < -0.4 is 19.6 Å². The monoisotopic (exact) mass is 462 g/mol. The van der Waals surface area contributed by atoms with Gasteiger partial charge in [-0.1, -0.05) is 59.3 Å². The van der Waals surface area contributed by atoms with Crippen molar-refractivity contribution < 1.29 is 4.74 Å². The van der Waals surface area contributed by atoms with E-state index in [2.05, 4.69) is 5.10 Å². The fraction of sp³-hybridized carbons (Fsp3) is 0.208. The Morgan fingerprint density at radius 3 is 2.75 bits per heavy atom. The van der Waals surface area contributed by atoms with Crippen molar-refractivity contribution in [3.8, 4) is 11.4 Å². The fourth-order valence-corrected chi connectivity index (χ4v) is 5.92. The summed E-state index contributed by atoms with van der Waals surface area (Å²) in [5.41, 5.74) is 2.62. The molecule has 0 spiro atoms. The zero-order valence-corrected chi connectivity index (χ0v) is 19.0. The van der Waals surface area contributed by atoms with Crippen LogP contribution in [0.1, 0.15) is 36.2 Å². The molecule has 0 aliphatic carbocycles. The molecular weight excluding hydrogens is 444 g/mol. The van der Waals surface area contributed by atoms with E-state index in [9.17, 15) is 4.79 Å². The second-order valence-corrected chi connectivity index (χ2v) is 9.62. The van der Waals surface area contributed by atoms with Crippen LogP contribution in [0.3, 0.4) is 0 Å². The summed E-state index contributed by atoms with van der Waals surface area (Å²) in [5, 5.41) is 5.06. The fourth-order valence-electron chi connectivity index (χ4n) is 4.48. The van der Waals surface area contributed by atoms with Gasteiger partial charge in [-0.2, -0.15) is 5.10 Å². The number of rotatable bonds is 2. The molecule has 0 N–H and O–H groups in total. The number of halogens is 1. The predicted octanol–water partition coefficient (Wildman–Crippen LogP) is 3.61. The van der Waals surface area contributed by atoms with Crippen LogP contribution in [0.5, 0.6) is 5.75 Å². The number of para-hydroxylation sites is 2. The van der Waals surface area contributed by atoms with E-state index in [-0.39, 0.29) is 11.6 Å². The number of fused-ring (bicyclic) bond motifs is 6. The van der Waals surface area contributed by atoms with Crippen molar-refractivity contribution in [1.29, 1.82) is 0 Å². The predicted molar refractivity (Wildman–Crippen MR) is 124 cm³/mol. The van der Waals surface area contributed by atoms with Gasteiger partial charge in [0.05, 0.1) is 22.0 Å². The molecule has 8 heteroatoms. The Morgan fingerprint density at radius 2 is 1.94 bits per heavy atom. The Labute approximate surface area is 192 Å². The van der Waals surface area contributed by atoms with E-state index in [0.29, 0.717) is 20.9 Å². The lowest BCUT2D eigenvalue weighted by Gasteiger charge is -2.39. The van der Waals surface area contributed by atoms with Gasteiger partial charge in [0, 0.05) is 17.5 Å². The zero-order chi connectivity index (χ0) is 22.0. The average Bonchev–Trinajstić information content (AvgIpc) is 3.24. The molecule has 160 valence electrons. The molecule has 2 aromatic carbocycles. The first-order chi connectivity index (χ1) is 15.4. The molecule has 4 heterocycles. The Hall–Kier alpha value is -3.16. The van der Waals surface area contributed by atoms with Gasteiger partial charge in [0.25, 0.3) is 5.56 Å². The van der Waals surface area contributed by atoms with Gasteiger partial charge in [-0.25, -0.2) is 9.67 Å². The maximum atomic E-state index is 13.5. The Morgan fingerprint density at radius 1 is 1.19 bits per heavy atom. The number of thiazole rings is 1. The SMILES string of the molecule is Cc1nn(-c2ccccc2)c(Cl)c1/C=c1\sc2n(c1=O)[C@@H]1C[C@@](C)(N=2)Oc2ccccc21. The number of hydrogen-bond donors (Lipinski definition) is 0. The molecule has 0 amide bonds. The third kappa shape index (κ3) is 2.88. The van der Waals surface area contributed by atoms with Gasteiger partial charge in [0.2, 0.25) is 5.72 Å². The van der Waals surface area contributed by atoms with E-state index in [4.69, 9.17) is 21.3 Å². The summed E-state index contributed by atoms with van der Waals surface area (Å²) in [6.45, 7) is 3.86. The van der Waals surface area contributed by atoms with Gasteiger partial charge in [-0.3, -0.25) is 9.36 Å². The molecule has 4 aromatic rings. The van der Waals surface area contributed by atoms with Crippen molar-refractivity contribution in [1.82, 2.24) is 14.3 Å². The van der Waals surface area contributed by atoms with Crippen LogP contribution in [0.15, 0.2) is 64.4 Å². The smallest absolute Gasteiger partial charge is 0.270 e. The highest BCUT2D eigenvalue weighted by Crippen LogP contribution is 2.42. The summed E-state index contributed by atoms with van der Waals surface area (Å²) in [6.07, 6.45) is 2.45. The third-order valence-electron chi connectivity index (χ3n) is 5.98. The lowest BCUT2D eigenvalue weighted by Crippen LogP contribution is -2.49. The van der Waals surface area contributed by atoms with Crippen LogP contribution in [-0.4, -0.2) is 20.1 Å². The van der Waals surface area contributed by atoms with Crippen LogP contribution in [0.25, 0.3) is 11.8 Å². The molecule has 0 saturated carbocycles. The normalized spacial score (nSPS) is 21.5. The number of hydrogen-bond acceptors (Lipinski definition) is 5. The Bertz CT molecular complexity index is 1550. The summed E-state index contributed by atoms with van der Waals surface area (Å²) in [6, 6.07) is 17.5. The van der Waals surface area contributed by atoms with Crippen LogP contribution in [0, 0.1) is 6.92 Å². The maximum absolute atomic E-state index is 13.5. The summed E-state index contributed by atoms with van der Waals surface area (Å²) in [4.78, 5) is 19.0. The standard InChI is InChI=1S/C24H19ClN4O2S/c1-14-17(21(25)29(27-14)15-8-4-3-5-9-15)12-20-22(30)28-18-13-24(2,26-23(28)32-20)31-19-11-7-6-10-16(18)19/h3-12,18H,13H2,1-2H3/b20-12-/t18-,24+/m1/s1. The van der Waals surface area contributed by atoms with Crippen LogP contribution in [0.2, 0.25) is 5.15 Å². The van der Waals surface area contributed by atoms with Crippen LogP contribution >= 0.6 is 22.9 Å². The minimum absolute atomic E-state index is 0.0690. The van der Waals surface area contributed by atoms with Crippen molar-refractivity contribution in [3.05, 3.63) is 96.3 Å². The first kappa shape index (κ1) is 19.5. The molecule has 2 aliphatic rings. The Balaban J connectivity index is 1.54. The topological polar surface area (TPSA) is 61.4 Å². The van der Waals surface area contributed by atoms with Crippen molar-refractivity contribution in [2.45, 2.75) is 32.0 Å². The molecule has 2 aromatic heterocycles. The van der Waals surface area contributed by atoms with E-state index in [1.165, 1.54) is 11.3 Å². The summed E-state index contributed by atoms with van der Waals surface area (Å²) in [7, 11) is 0. The van der Waals surface area contributed by atoms with Crippen molar-refractivity contribution in [3.63, 3.8) is 0 Å². The molecule has 0 fully saturated rings. The second-order valence-electron chi connectivity index (χ2n) is 8.25. The second kappa shape index (κ2) is 6.92. The molecule has 0 radical (unpaired) electrons. The molecule has 2 aliphatic heterocycles. The largest absolute Gasteiger partial charge is 0.466 e. The first-order valence-corrected chi connectivity index (χ1v) is 11.5. The van der Waals surface area contributed by atoms with Gasteiger partial charge in [0.1, 0.15) is 10.9 Å². The lowest BCUT2D eigenvalue weighted by atomic mass is 9.93. The van der Waals surface area contributed by atoms with Gasteiger partial charge >= 0.3 is 0 Å². The minimum atomic E-state index is -0.681. The van der Waals surface area contributed by atoms with E-state index >= 15 is 0 Å². The first-order valence-electron chi connectivity index (χ1n) is 10.3. The molecule has 2 atom stereocenters. The van der Waals surface area contributed by atoms with Gasteiger partial charge in [0.15, 0.2) is 4.80 Å². The van der Waals surface area contributed by atoms with Crippen molar-refractivity contribution >= 4 is 29.0 Å². The Kier molecular flexibility index (Phi) is 4.22. The number of nitrogens with zero attached hydrogens (tertiary/aromatic N) is 4. The quantitative estimate of drug-likeness (QED) is 0.457. The van der Waals surface area contributed by atoms with Crippen molar-refractivity contribution in [2.24, 2.45) is 4.99 Å². The molecule has 6 rings (SSSR count). The highest BCUT2D eigenvalue weighted by Gasteiger charge is 2.42. The summed E-state index contributed by atoms with van der Waals surface area (Å²) in [5.74, 6) is 0.785. The van der Waals surface area contributed by atoms with Crippen LogP contribution in [0.4, 0.5) is 0 Å². The average molecular weight is 463 g/mol. The van der Waals surface area contributed by atoms with E-state index in [1.807, 2.05) is 74.5 Å². The number of benzene rings is 2. The molecule has 0 saturated heterocycles. The highest BCUT2D eigenvalue weighted by atomic mass is 35.5. The van der Waals surface area contributed by atoms with E-state index in [1.54, 1.807) is 9.25 Å². The molecule has 6 nitrogen and oxygen atoms in total. The molecule has 32 heavy (non-hydrogen) atoms. The van der Waals surface area contributed by atoms with E-state index in [0.717, 1.165) is 28.3 Å². The summed E-state index contributed by atoms with van der Waals surface area (Å²) < 4.78 is 10.3. The zero-order valence-electron chi connectivity index (χ0n) is 17.4. The van der Waals surface area contributed by atoms with Gasteiger partial charge in [-0.05, 0) is 38.1 Å². The molecule has 2 bridgehead atoms. The minimum Gasteiger partial charge on any atom is -0.466 e. The lowest BCUT2D eigenvalue weighted by molar-refractivity contribution is 0.0410. The van der Waals surface area contributed by atoms with Gasteiger partial charge < -0.3 is 4.74 Å². The van der Waals surface area contributed by atoms with Gasteiger partial charge in [-0.15, -0.1) is 0 Å². The van der Waals surface area contributed by atoms with Crippen molar-refractivity contribution in [2.75, 3.05) is 0 Å². The van der Waals surface area contributed by atoms with Crippen LogP contribution in [-0.2, 0) is 0 Å². The maximum Gasteiger partial charge on any atom is 0.270 e. The number of aryl methyl sites for hydroxylation is 1.